The van der Waals surface area contributed by atoms with Crippen molar-refractivity contribution in [2.45, 2.75) is 34.6 Å². The van der Waals surface area contributed by atoms with E-state index in [0.717, 1.165) is 36.2 Å². The summed E-state index contributed by atoms with van der Waals surface area (Å²) in [5, 5.41) is 4.94. The molecule has 232 valence electrons. The van der Waals surface area contributed by atoms with Crippen molar-refractivity contribution < 1.29 is 0 Å². The Bertz CT molecular complexity index is 2250. The van der Waals surface area contributed by atoms with Crippen molar-refractivity contribution in [3.05, 3.63) is 152 Å². The van der Waals surface area contributed by atoms with E-state index in [0.29, 0.717) is 5.03 Å². The van der Waals surface area contributed by atoms with Crippen LogP contribution in [0.4, 0.5) is 0 Å². The number of allylic oxidation sites excluding steroid dienone is 5. The molecule has 0 amide bonds. The summed E-state index contributed by atoms with van der Waals surface area (Å²) in [6, 6.07) is 34.7. The van der Waals surface area contributed by atoms with E-state index in [1.54, 1.807) is 17.4 Å². The quantitative estimate of drug-likeness (QED) is 0.165. The molecule has 0 bridgehead atoms. The molecule has 0 N–H and O–H groups in total. The van der Waals surface area contributed by atoms with E-state index in [1.165, 1.54) is 33.0 Å². The van der Waals surface area contributed by atoms with Crippen LogP contribution in [0.25, 0.3) is 69.0 Å². The molecular formula is C43H42ClNS. The normalized spacial score (nSPS) is 12.5. The van der Waals surface area contributed by atoms with Crippen molar-refractivity contribution in [3.8, 4) is 22.3 Å². The monoisotopic (exact) mass is 639 g/mol. The lowest BCUT2D eigenvalue weighted by Gasteiger charge is -2.10. The molecule has 6 rings (SSSR count). The topological polar surface area (TPSA) is 4.93 Å². The average Bonchev–Trinajstić information content (AvgIpc) is 3.57. The van der Waals surface area contributed by atoms with Crippen molar-refractivity contribution >= 4 is 69.7 Å². The summed E-state index contributed by atoms with van der Waals surface area (Å²) in [6.45, 7) is 22.1. The fourth-order valence-corrected chi connectivity index (χ4v) is 6.70. The molecule has 1 nitrogen and oxygen atoms in total. The average molecular weight is 640 g/mol. The first kappa shape index (κ1) is 34.2. The summed E-state index contributed by atoms with van der Waals surface area (Å²) in [5.74, 6) is 0. The zero-order chi connectivity index (χ0) is 33.2. The Morgan fingerprint density at radius 2 is 1.26 bits per heavy atom. The third kappa shape index (κ3) is 7.10. The van der Waals surface area contributed by atoms with Gasteiger partial charge in [-0.15, -0.1) is 17.9 Å². The van der Waals surface area contributed by atoms with Gasteiger partial charge in [-0.1, -0.05) is 136 Å². The van der Waals surface area contributed by atoms with E-state index < -0.39 is 0 Å². The summed E-state index contributed by atoms with van der Waals surface area (Å²) in [4.78, 5) is 0. The van der Waals surface area contributed by atoms with Crippen molar-refractivity contribution in [2.24, 2.45) is 0 Å². The van der Waals surface area contributed by atoms with Crippen molar-refractivity contribution in [2.75, 3.05) is 0 Å². The van der Waals surface area contributed by atoms with Gasteiger partial charge >= 0.3 is 0 Å². The Labute approximate surface area is 282 Å². The van der Waals surface area contributed by atoms with Crippen LogP contribution in [0, 0.1) is 0 Å². The van der Waals surface area contributed by atoms with Crippen molar-refractivity contribution in [1.29, 1.82) is 0 Å². The smallest absolute Gasteiger partial charge is 0.0637 e. The first-order chi connectivity index (χ1) is 22.4. The molecule has 2 heterocycles. The molecule has 0 atom stereocenters. The Morgan fingerprint density at radius 3 is 1.83 bits per heavy atom. The minimum atomic E-state index is 0.688. The van der Waals surface area contributed by atoms with Gasteiger partial charge in [0.15, 0.2) is 0 Å². The first-order valence-electron chi connectivity index (χ1n) is 15.7. The van der Waals surface area contributed by atoms with Gasteiger partial charge in [-0.3, -0.25) is 0 Å². The van der Waals surface area contributed by atoms with E-state index in [-0.39, 0.29) is 0 Å². The predicted molar refractivity (Wildman–Crippen MR) is 209 cm³/mol. The molecule has 3 heteroatoms. The number of halogens is 1. The lowest BCUT2D eigenvalue weighted by molar-refractivity contribution is 1.22. The van der Waals surface area contributed by atoms with Gasteiger partial charge in [-0.2, -0.15) is 0 Å². The van der Waals surface area contributed by atoms with Crippen LogP contribution in [0.1, 0.15) is 34.6 Å². The molecular weight excluding hydrogens is 598 g/mol. The molecule has 0 spiro atoms. The maximum Gasteiger partial charge on any atom is 0.0637 e. The highest BCUT2D eigenvalue weighted by molar-refractivity contribution is 7.07. The van der Waals surface area contributed by atoms with Crippen LogP contribution in [0.2, 0.25) is 0 Å². The standard InChI is InChI=1S/C38H30ClNS.C3H6.C2H6/c1-5-13-35(38-26(4)25(3)37(41-38)24-31(39)6-2)40-34-21-19-29(27-14-9-7-10-15-27)22-33(34)32-20-18-30(23-36(32)40)28-16-11-8-12-17-28;1-3-2;1-2/h5-24H,3-4H2,1-2H3;3H,1H2,2H3;1-2H3/b13-5-,31-6+,37-24+,38-35-;;. The number of hydrogen-bond acceptors (Lipinski definition) is 1. The van der Waals surface area contributed by atoms with Crippen LogP contribution >= 0.6 is 22.9 Å². The number of rotatable bonds is 5. The van der Waals surface area contributed by atoms with Crippen LogP contribution in [0.5, 0.6) is 0 Å². The molecule has 0 saturated heterocycles. The predicted octanol–water partition coefficient (Wildman–Crippen LogP) is 10.4. The second-order valence-corrected chi connectivity index (χ2v) is 11.9. The van der Waals surface area contributed by atoms with E-state index in [9.17, 15) is 0 Å². The number of thiophene rings is 1. The minimum absolute atomic E-state index is 0.688. The highest BCUT2D eigenvalue weighted by atomic mass is 35.5. The lowest BCUT2D eigenvalue weighted by atomic mass is 10.0. The highest BCUT2D eigenvalue weighted by Gasteiger charge is 2.16. The Morgan fingerprint density at radius 1 is 0.696 bits per heavy atom. The molecule has 0 aliphatic heterocycles. The van der Waals surface area contributed by atoms with E-state index in [1.807, 2.05) is 39.8 Å². The molecule has 0 saturated carbocycles. The Hall–Kier alpha value is -4.63. The third-order valence-corrected chi connectivity index (χ3v) is 9.04. The first-order valence-corrected chi connectivity index (χ1v) is 16.8. The van der Waals surface area contributed by atoms with Gasteiger partial charge in [-0.25, -0.2) is 0 Å². The van der Waals surface area contributed by atoms with Crippen LogP contribution in [0.15, 0.2) is 133 Å². The van der Waals surface area contributed by atoms with Gasteiger partial charge in [0.1, 0.15) is 0 Å². The van der Waals surface area contributed by atoms with Crippen molar-refractivity contribution in [1.82, 2.24) is 4.57 Å². The number of aromatic nitrogens is 1. The van der Waals surface area contributed by atoms with Crippen LogP contribution in [-0.4, -0.2) is 4.57 Å². The molecule has 6 aromatic rings. The van der Waals surface area contributed by atoms with E-state index in [2.05, 4.69) is 140 Å². The molecule has 0 aliphatic rings. The SMILES string of the molecule is C=CC.C=c1c(=C)/c(=C\C(Cl)=C/C)s/c1=C(/C=C\C)n1c2ccc(-c3ccccc3)cc2c2ccc(-c3ccccc3)cc21.CC. The molecule has 0 radical (unpaired) electrons. The zero-order valence-electron chi connectivity index (χ0n) is 27.5. The summed E-state index contributed by atoms with van der Waals surface area (Å²) < 4.78 is 4.48. The molecule has 0 unspecified atom stereocenters. The van der Waals surface area contributed by atoms with Crippen LogP contribution in [0.3, 0.4) is 0 Å². The maximum atomic E-state index is 6.41. The van der Waals surface area contributed by atoms with E-state index >= 15 is 0 Å². The Kier molecular flexibility index (Phi) is 12.0. The Balaban J connectivity index is 0.000000908. The number of nitrogens with zero attached hydrogens (tertiary/aromatic N) is 1. The minimum Gasteiger partial charge on any atom is -0.308 e. The van der Waals surface area contributed by atoms with Gasteiger partial charge in [0.2, 0.25) is 0 Å². The fraction of sp³-hybridized carbons (Fsp3) is 0.116. The second-order valence-electron chi connectivity index (χ2n) is 10.4. The number of fused-ring (bicyclic) bond motifs is 3. The third-order valence-electron chi connectivity index (χ3n) is 7.47. The molecule has 46 heavy (non-hydrogen) atoms. The zero-order valence-corrected chi connectivity index (χ0v) is 29.1. The van der Waals surface area contributed by atoms with Gasteiger partial charge in [0.25, 0.3) is 0 Å². The van der Waals surface area contributed by atoms with Gasteiger partial charge < -0.3 is 4.57 Å². The van der Waals surface area contributed by atoms with Gasteiger partial charge in [0, 0.05) is 20.3 Å². The van der Waals surface area contributed by atoms with Crippen LogP contribution in [-0.2, 0) is 0 Å². The molecule has 4 aromatic carbocycles. The fourth-order valence-electron chi connectivity index (χ4n) is 5.36. The summed E-state index contributed by atoms with van der Waals surface area (Å²) >= 11 is 8.09. The summed E-state index contributed by atoms with van der Waals surface area (Å²) in [6.07, 6.45) is 9.89. The number of hydrogen-bond donors (Lipinski definition) is 0. The second kappa shape index (κ2) is 16.1. The van der Waals surface area contributed by atoms with Crippen molar-refractivity contribution in [3.63, 3.8) is 0 Å². The van der Waals surface area contributed by atoms with Gasteiger partial charge in [-0.05, 0) is 83.8 Å². The highest BCUT2D eigenvalue weighted by Crippen LogP contribution is 2.36. The number of benzene rings is 4. The largest absolute Gasteiger partial charge is 0.308 e. The summed E-state index contributed by atoms with van der Waals surface area (Å²) in [5.41, 5.74) is 8.14. The van der Waals surface area contributed by atoms with Crippen LogP contribution < -0.4 is 19.5 Å². The maximum absolute atomic E-state index is 6.41. The summed E-state index contributed by atoms with van der Waals surface area (Å²) in [7, 11) is 0. The lowest BCUT2D eigenvalue weighted by Crippen LogP contribution is -2.36. The molecule has 2 aromatic heterocycles. The molecule has 0 aliphatic carbocycles. The van der Waals surface area contributed by atoms with Gasteiger partial charge in [0.05, 0.1) is 21.3 Å². The molecule has 0 fully saturated rings. The van der Waals surface area contributed by atoms with E-state index in [4.69, 9.17) is 11.6 Å².